The number of nitrogens with one attached hydrogen (secondary N) is 1. The van der Waals surface area contributed by atoms with E-state index in [1.807, 2.05) is 0 Å². The summed E-state index contributed by atoms with van der Waals surface area (Å²) in [5, 5.41) is 12.3. The molecule has 3 rings (SSSR count). The monoisotopic (exact) mass is 452 g/mol. The highest BCUT2D eigenvalue weighted by molar-refractivity contribution is 6.30. The van der Waals surface area contributed by atoms with Gasteiger partial charge in [0.25, 0.3) is 0 Å². The standard InChI is InChI=1S/C22H17ClF4N2O2/c23-17-6-7-19(28-12-17)21(29-13-20(30)31,11-14-4-2-1-3-5-14)15-8-16(22(25,26)27)10-18(24)9-15/h1-10,12,29H,11,13H2,(H,30,31). The minimum atomic E-state index is -4.80. The molecule has 0 amide bonds. The van der Waals surface area contributed by atoms with Crippen LogP contribution >= 0.6 is 11.6 Å². The summed E-state index contributed by atoms with van der Waals surface area (Å²) in [6.07, 6.45) is -3.49. The normalized spacial score (nSPS) is 13.6. The molecule has 3 aromatic rings. The van der Waals surface area contributed by atoms with E-state index in [4.69, 9.17) is 11.6 Å². The molecule has 9 heteroatoms. The Morgan fingerprint density at radius 1 is 1.03 bits per heavy atom. The average molecular weight is 453 g/mol. The SMILES string of the molecule is O=C(O)CNC(Cc1ccccc1)(c1cc(F)cc(C(F)(F)F)c1)c1ccc(Cl)cn1. The summed E-state index contributed by atoms with van der Waals surface area (Å²) in [6, 6.07) is 13.8. The molecule has 0 saturated heterocycles. The van der Waals surface area contributed by atoms with Gasteiger partial charge in [-0.25, -0.2) is 4.39 Å². The molecule has 0 aliphatic rings. The summed E-state index contributed by atoms with van der Waals surface area (Å²) >= 11 is 5.92. The van der Waals surface area contributed by atoms with Gasteiger partial charge in [-0.2, -0.15) is 13.2 Å². The van der Waals surface area contributed by atoms with Crippen LogP contribution in [0.15, 0.2) is 66.9 Å². The van der Waals surface area contributed by atoms with Gasteiger partial charge in [0.15, 0.2) is 0 Å². The van der Waals surface area contributed by atoms with Gasteiger partial charge in [-0.1, -0.05) is 41.9 Å². The molecule has 4 nitrogen and oxygen atoms in total. The Morgan fingerprint density at radius 3 is 2.29 bits per heavy atom. The van der Waals surface area contributed by atoms with Gasteiger partial charge >= 0.3 is 12.1 Å². The van der Waals surface area contributed by atoms with Gasteiger partial charge in [0, 0.05) is 12.6 Å². The van der Waals surface area contributed by atoms with Crippen LogP contribution in [-0.4, -0.2) is 22.6 Å². The van der Waals surface area contributed by atoms with Crippen LogP contribution in [-0.2, 0) is 22.9 Å². The quantitative estimate of drug-likeness (QED) is 0.492. The number of hydrogen-bond acceptors (Lipinski definition) is 3. The minimum Gasteiger partial charge on any atom is -0.480 e. The highest BCUT2D eigenvalue weighted by atomic mass is 35.5. The van der Waals surface area contributed by atoms with Gasteiger partial charge in [0.1, 0.15) is 5.82 Å². The van der Waals surface area contributed by atoms with Crippen molar-refractivity contribution in [1.29, 1.82) is 0 Å². The molecule has 0 radical (unpaired) electrons. The van der Waals surface area contributed by atoms with Crippen molar-refractivity contribution in [3.05, 3.63) is 100 Å². The molecule has 0 fully saturated rings. The number of benzene rings is 2. The molecular weight excluding hydrogens is 436 g/mol. The van der Waals surface area contributed by atoms with Crippen molar-refractivity contribution >= 4 is 17.6 Å². The summed E-state index contributed by atoms with van der Waals surface area (Å²) in [5.74, 6) is -2.34. The molecule has 162 valence electrons. The van der Waals surface area contributed by atoms with Crippen molar-refractivity contribution in [2.75, 3.05) is 6.54 Å². The Morgan fingerprint density at radius 2 is 1.71 bits per heavy atom. The maximum absolute atomic E-state index is 14.3. The van der Waals surface area contributed by atoms with Crippen molar-refractivity contribution in [3.8, 4) is 0 Å². The number of nitrogens with zero attached hydrogens (tertiary/aromatic N) is 1. The lowest BCUT2D eigenvalue weighted by atomic mass is 9.79. The molecule has 2 aromatic carbocycles. The second-order valence-corrected chi connectivity index (χ2v) is 7.34. The first-order valence-electron chi connectivity index (χ1n) is 9.11. The molecule has 0 spiro atoms. The van der Waals surface area contributed by atoms with Crippen LogP contribution in [0.5, 0.6) is 0 Å². The first kappa shape index (κ1) is 22.7. The largest absolute Gasteiger partial charge is 0.480 e. The summed E-state index contributed by atoms with van der Waals surface area (Å²) < 4.78 is 54.6. The van der Waals surface area contributed by atoms with Crippen molar-refractivity contribution in [2.45, 2.75) is 18.1 Å². The van der Waals surface area contributed by atoms with Gasteiger partial charge in [-0.05, 0) is 41.5 Å². The predicted octanol–water partition coefficient (Wildman–Crippen LogP) is 5.05. The third kappa shape index (κ3) is 5.39. The minimum absolute atomic E-state index is 0.0104. The Kier molecular flexibility index (Phi) is 6.62. The average Bonchev–Trinajstić information content (AvgIpc) is 2.71. The van der Waals surface area contributed by atoms with E-state index >= 15 is 0 Å². The van der Waals surface area contributed by atoms with E-state index in [9.17, 15) is 27.5 Å². The maximum Gasteiger partial charge on any atom is 0.416 e. The predicted molar refractivity (Wildman–Crippen MR) is 107 cm³/mol. The number of pyridine rings is 1. The number of aromatic nitrogens is 1. The molecule has 1 unspecified atom stereocenters. The Labute approximate surface area is 180 Å². The van der Waals surface area contributed by atoms with Crippen LogP contribution in [0, 0.1) is 5.82 Å². The van der Waals surface area contributed by atoms with Crippen molar-refractivity contribution in [1.82, 2.24) is 10.3 Å². The van der Waals surface area contributed by atoms with Crippen LogP contribution in [0.4, 0.5) is 17.6 Å². The topological polar surface area (TPSA) is 62.2 Å². The Hall–Kier alpha value is -2.97. The highest BCUT2D eigenvalue weighted by Crippen LogP contribution is 2.37. The van der Waals surface area contributed by atoms with Gasteiger partial charge in [0.05, 0.1) is 28.4 Å². The molecule has 1 atom stereocenters. The summed E-state index contributed by atoms with van der Waals surface area (Å²) in [6.45, 7) is -0.602. The number of alkyl halides is 3. The molecule has 31 heavy (non-hydrogen) atoms. The van der Waals surface area contributed by atoms with Crippen molar-refractivity contribution < 1.29 is 27.5 Å². The van der Waals surface area contributed by atoms with Crippen molar-refractivity contribution in [3.63, 3.8) is 0 Å². The highest BCUT2D eigenvalue weighted by Gasteiger charge is 2.39. The van der Waals surface area contributed by atoms with Gasteiger partial charge in [0.2, 0.25) is 0 Å². The van der Waals surface area contributed by atoms with Crippen LogP contribution in [0.3, 0.4) is 0 Å². The smallest absolute Gasteiger partial charge is 0.416 e. The maximum atomic E-state index is 14.3. The lowest BCUT2D eigenvalue weighted by Crippen LogP contribution is -2.48. The first-order chi connectivity index (χ1) is 14.6. The summed E-state index contributed by atoms with van der Waals surface area (Å²) in [4.78, 5) is 15.6. The molecule has 1 heterocycles. The van der Waals surface area contributed by atoms with Gasteiger partial charge < -0.3 is 5.11 Å². The van der Waals surface area contributed by atoms with Crippen LogP contribution in [0.1, 0.15) is 22.4 Å². The third-order valence-corrected chi connectivity index (χ3v) is 4.96. The van der Waals surface area contributed by atoms with Crippen molar-refractivity contribution in [2.24, 2.45) is 0 Å². The molecule has 2 N–H and O–H groups in total. The van der Waals surface area contributed by atoms with E-state index in [0.29, 0.717) is 11.6 Å². The zero-order valence-corrected chi connectivity index (χ0v) is 16.7. The fourth-order valence-electron chi connectivity index (χ4n) is 3.35. The fraction of sp³-hybridized carbons (Fsp3) is 0.182. The Bertz CT molecular complexity index is 1060. The third-order valence-electron chi connectivity index (χ3n) is 4.74. The molecule has 0 saturated carbocycles. The number of carboxylic acid groups (broad SMARTS) is 1. The number of hydrogen-bond donors (Lipinski definition) is 2. The number of carboxylic acids is 1. The van der Waals surface area contributed by atoms with Gasteiger partial charge in [-0.15, -0.1) is 0 Å². The van der Waals surface area contributed by atoms with Crippen LogP contribution in [0.2, 0.25) is 5.02 Å². The molecular formula is C22H17ClF4N2O2. The second-order valence-electron chi connectivity index (χ2n) is 6.90. The number of carbonyl (C=O) groups is 1. The van der Waals surface area contributed by atoms with Crippen LogP contribution < -0.4 is 5.32 Å². The molecule has 0 aliphatic carbocycles. The summed E-state index contributed by atoms with van der Waals surface area (Å²) in [7, 11) is 0. The van der Waals surface area contributed by atoms with E-state index in [1.54, 1.807) is 30.3 Å². The Balaban J connectivity index is 2.28. The lowest BCUT2D eigenvalue weighted by molar-refractivity contribution is -0.138. The number of aliphatic carboxylic acids is 1. The van der Waals surface area contributed by atoms with E-state index in [1.165, 1.54) is 18.3 Å². The fourth-order valence-corrected chi connectivity index (χ4v) is 3.46. The summed E-state index contributed by atoms with van der Waals surface area (Å²) in [5.41, 5.74) is -2.01. The van der Waals surface area contributed by atoms with Gasteiger partial charge in [-0.3, -0.25) is 15.1 Å². The van der Waals surface area contributed by atoms with E-state index in [2.05, 4.69) is 10.3 Å². The first-order valence-corrected chi connectivity index (χ1v) is 9.49. The molecule has 0 aliphatic heterocycles. The zero-order chi connectivity index (χ0) is 22.6. The molecule has 1 aromatic heterocycles. The molecule has 0 bridgehead atoms. The zero-order valence-electron chi connectivity index (χ0n) is 16.0. The van der Waals surface area contributed by atoms with E-state index in [-0.39, 0.29) is 22.7 Å². The number of rotatable bonds is 7. The second kappa shape index (κ2) is 9.03. The van der Waals surface area contributed by atoms with E-state index in [0.717, 1.165) is 12.1 Å². The number of halogens is 5. The van der Waals surface area contributed by atoms with Crippen LogP contribution in [0.25, 0.3) is 0 Å². The van der Waals surface area contributed by atoms with E-state index < -0.39 is 35.6 Å². The lowest BCUT2D eigenvalue weighted by Gasteiger charge is -2.35.